The number of aryl methyl sites for hydroxylation is 2. The molecule has 1 fully saturated rings. The summed E-state index contributed by atoms with van der Waals surface area (Å²) in [6.45, 7) is 8.69. The summed E-state index contributed by atoms with van der Waals surface area (Å²) >= 11 is 0. The van der Waals surface area contributed by atoms with Crippen LogP contribution in [0, 0.1) is 27.7 Å². The number of rotatable bonds is 2. The summed E-state index contributed by atoms with van der Waals surface area (Å²) < 4.78 is 27.4. The second-order valence-corrected chi connectivity index (χ2v) is 7.73. The van der Waals surface area contributed by atoms with Gasteiger partial charge in [0.15, 0.2) is 0 Å². The van der Waals surface area contributed by atoms with Crippen LogP contribution in [0.15, 0.2) is 11.0 Å². The zero-order valence-corrected chi connectivity index (χ0v) is 13.5. The van der Waals surface area contributed by atoms with Gasteiger partial charge in [0.25, 0.3) is 0 Å². The molecule has 112 valence electrons. The maximum absolute atomic E-state index is 12.9. The Balaban J connectivity index is 2.55. The first kappa shape index (κ1) is 15.5. The molecule has 1 aromatic rings. The van der Waals surface area contributed by atoms with E-state index in [0.717, 1.165) is 35.1 Å². The third-order valence-electron chi connectivity index (χ3n) is 4.32. The number of piperidine rings is 1. The average Bonchev–Trinajstić information content (AvgIpc) is 2.36. The van der Waals surface area contributed by atoms with Crippen molar-refractivity contribution in [1.29, 1.82) is 0 Å². The Morgan fingerprint density at radius 1 is 1.15 bits per heavy atom. The van der Waals surface area contributed by atoms with Crippen LogP contribution in [0.25, 0.3) is 0 Å². The van der Waals surface area contributed by atoms with E-state index in [4.69, 9.17) is 5.73 Å². The lowest BCUT2D eigenvalue weighted by molar-refractivity contribution is 0.316. The van der Waals surface area contributed by atoms with Crippen LogP contribution in [0.3, 0.4) is 0 Å². The van der Waals surface area contributed by atoms with Gasteiger partial charge >= 0.3 is 0 Å². The molecule has 0 amide bonds. The molecule has 0 aliphatic carbocycles. The Hall–Kier alpha value is -0.910. The lowest BCUT2D eigenvalue weighted by Crippen LogP contribution is -2.46. The average molecular weight is 296 g/mol. The lowest BCUT2D eigenvalue weighted by atomic mass is 10.0. The SMILES string of the molecule is Cc1cc(C)c(C)c(S(=O)(=O)N2CCCC(N)C2)c1C. The molecular formula is C15H24N2O2S. The molecule has 1 unspecified atom stereocenters. The fraction of sp³-hybridized carbons (Fsp3) is 0.600. The van der Waals surface area contributed by atoms with Gasteiger partial charge in [-0.25, -0.2) is 8.42 Å². The highest BCUT2D eigenvalue weighted by molar-refractivity contribution is 7.89. The first-order valence-electron chi connectivity index (χ1n) is 7.08. The fourth-order valence-corrected chi connectivity index (χ4v) is 5.00. The Kier molecular flexibility index (Phi) is 4.23. The minimum atomic E-state index is -3.45. The minimum absolute atomic E-state index is 0.0509. The number of sulfonamides is 1. The molecule has 5 heteroatoms. The number of hydrogen-bond acceptors (Lipinski definition) is 3. The van der Waals surface area contributed by atoms with Crippen molar-refractivity contribution >= 4 is 10.0 Å². The van der Waals surface area contributed by atoms with Crippen molar-refractivity contribution < 1.29 is 8.42 Å². The van der Waals surface area contributed by atoms with E-state index in [1.807, 2.05) is 33.8 Å². The molecule has 0 radical (unpaired) electrons. The first-order chi connectivity index (χ1) is 9.25. The zero-order chi connectivity index (χ0) is 15.1. The molecule has 1 aromatic carbocycles. The van der Waals surface area contributed by atoms with Crippen molar-refractivity contribution in [3.63, 3.8) is 0 Å². The zero-order valence-electron chi connectivity index (χ0n) is 12.7. The van der Waals surface area contributed by atoms with Crippen LogP contribution in [-0.4, -0.2) is 31.9 Å². The molecule has 1 aliphatic heterocycles. The molecule has 0 aromatic heterocycles. The Bertz CT molecular complexity index is 597. The molecule has 0 spiro atoms. The second-order valence-electron chi connectivity index (χ2n) is 5.85. The summed E-state index contributed by atoms with van der Waals surface area (Å²) in [5, 5.41) is 0. The summed E-state index contributed by atoms with van der Waals surface area (Å²) in [5.41, 5.74) is 9.68. The normalized spacial score (nSPS) is 21.1. The van der Waals surface area contributed by atoms with Gasteiger partial charge < -0.3 is 5.73 Å². The molecule has 0 bridgehead atoms. The van der Waals surface area contributed by atoms with E-state index in [-0.39, 0.29) is 6.04 Å². The van der Waals surface area contributed by atoms with Gasteiger partial charge in [-0.05, 0) is 62.8 Å². The minimum Gasteiger partial charge on any atom is -0.327 e. The Morgan fingerprint density at radius 3 is 2.20 bits per heavy atom. The molecule has 20 heavy (non-hydrogen) atoms. The standard InChI is InChI=1S/C15H24N2O2S/c1-10-8-11(2)13(4)15(12(10)3)20(18,19)17-7-5-6-14(16)9-17/h8,14H,5-7,9,16H2,1-4H3. The van der Waals surface area contributed by atoms with Crippen LogP contribution in [0.5, 0.6) is 0 Å². The van der Waals surface area contributed by atoms with Crippen LogP contribution in [-0.2, 0) is 10.0 Å². The summed E-state index contributed by atoms with van der Waals surface area (Å²) in [6.07, 6.45) is 1.74. The second kappa shape index (κ2) is 5.47. The molecule has 1 aliphatic rings. The highest BCUT2D eigenvalue weighted by Gasteiger charge is 2.31. The van der Waals surface area contributed by atoms with Crippen molar-refractivity contribution in [2.45, 2.75) is 51.5 Å². The monoisotopic (exact) mass is 296 g/mol. The number of benzene rings is 1. The molecule has 1 saturated heterocycles. The van der Waals surface area contributed by atoms with E-state index in [1.54, 1.807) is 4.31 Å². The van der Waals surface area contributed by atoms with Gasteiger partial charge in [-0.2, -0.15) is 4.31 Å². The third kappa shape index (κ3) is 2.62. The number of nitrogens with zero attached hydrogens (tertiary/aromatic N) is 1. The summed E-state index contributed by atoms with van der Waals surface area (Å²) in [5.74, 6) is 0. The summed E-state index contributed by atoms with van der Waals surface area (Å²) in [6, 6.07) is 2.00. The predicted octanol–water partition coefficient (Wildman–Crippen LogP) is 2.03. The summed E-state index contributed by atoms with van der Waals surface area (Å²) in [7, 11) is -3.45. The van der Waals surface area contributed by atoms with Gasteiger partial charge in [0.1, 0.15) is 0 Å². The van der Waals surface area contributed by atoms with E-state index in [1.165, 1.54) is 0 Å². The molecule has 0 saturated carbocycles. The van der Waals surface area contributed by atoms with Gasteiger partial charge in [-0.3, -0.25) is 0 Å². The van der Waals surface area contributed by atoms with E-state index in [9.17, 15) is 8.42 Å². The Morgan fingerprint density at radius 2 is 1.70 bits per heavy atom. The van der Waals surface area contributed by atoms with Gasteiger partial charge in [-0.15, -0.1) is 0 Å². The van der Waals surface area contributed by atoms with Gasteiger partial charge in [-0.1, -0.05) is 6.07 Å². The topological polar surface area (TPSA) is 63.4 Å². The third-order valence-corrected chi connectivity index (χ3v) is 6.46. The van der Waals surface area contributed by atoms with Crippen LogP contribution in [0.1, 0.15) is 35.1 Å². The number of hydrogen-bond donors (Lipinski definition) is 1. The first-order valence-corrected chi connectivity index (χ1v) is 8.52. The molecule has 2 N–H and O–H groups in total. The van der Waals surface area contributed by atoms with E-state index in [2.05, 4.69) is 0 Å². The van der Waals surface area contributed by atoms with E-state index < -0.39 is 10.0 Å². The van der Waals surface area contributed by atoms with Crippen molar-refractivity contribution in [3.8, 4) is 0 Å². The number of nitrogens with two attached hydrogens (primary N) is 1. The maximum Gasteiger partial charge on any atom is 0.243 e. The lowest BCUT2D eigenvalue weighted by Gasteiger charge is -2.31. The van der Waals surface area contributed by atoms with Crippen LogP contribution in [0.4, 0.5) is 0 Å². The molecule has 1 heterocycles. The largest absolute Gasteiger partial charge is 0.327 e. The highest BCUT2D eigenvalue weighted by Crippen LogP contribution is 2.29. The van der Waals surface area contributed by atoms with E-state index >= 15 is 0 Å². The van der Waals surface area contributed by atoms with Crippen LogP contribution >= 0.6 is 0 Å². The molecule has 2 rings (SSSR count). The van der Waals surface area contributed by atoms with Crippen molar-refractivity contribution in [2.24, 2.45) is 5.73 Å². The van der Waals surface area contributed by atoms with Gasteiger partial charge in [0.05, 0.1) is 4.90 Å². The predicted molar refractivity (Wildman–Crippen MR) is 81.4 cm³/mol. The van der Waals surface area contributed by atoms with Gasteiger partial charge in [0.2, 0.25) is 10.0 Å². The molecule has 1 atom stereocenters. The fourth-order valence-electron chi connectivity index (χ4n) is 2.89. The van der Waals surface area contributed by atoms with Crippen molar-refractivity contribution in [1.82, 2.24) is 4.31 Å². The quantitative estimate of drug-likeness (QED) is 0.908. The smallest absolute Gasteiger partial charge is 0.243 e. The van der Waals surface area contributed by atoms with Crippen LogP contribution in [0.2, 0.25) is 0 Å². The molecule has 4 nitrogen and oxygen atoms in total. The van der Waals surface area contributed by atoms with Gasteiger partial charge in [0, 0.05) is 19.1 Å². The molecular weight excluding hydrogens is 272 g/mol. The van der Waals surface area contributed by atoms with Crippen molar-refractivity contribution in [2.75, 3.05) is 13.1 Å². The Labute approximate surface area is 122 Å². The highest BCUT2D eigenvalue weighted by atomic mass is 32.2. The van der Waals surface area contributed by atoms with Crippen molar-refractivity contribution in [3.05, 3.63) is 28.3 Å². The van der Waals surface area contributed by atoms with Crippen LogP contribution < -0.4 is 5.73 Å². The van der Waals surface area contributed by atoms with E-state index in [0.29, 0.717) is 18.0 Å². The maximum atomic E-state index is 12.9. The summed E-state index contributed by atoms with van der Waals surface area (Å²) in [4.78, 5) is 0.476.